The molecule has 1 nitrogen and oxygen atoms in total. The summed E-state index contributed by atoms with van der Waals surface area (Å²) in [6.45, 7) is 10.5. The van der Waals surface area contributed by atoms with Crippen molar-refractivity contribution in [3.8, 4) is 0 Å². The van der Waals surface area contributed by atoms with Crippen LogP contribution in [0.3, 0.4) is 0 Å². The zero-order valence-electron chi connectivity index (χ0n) is 28.4. The van der Waals surface area contributed by atoms with Gasteiger partial charge < -0.3 is 4.90 Å². The maximum absolute atomic E-state index is 15.6. The zero-order valence-corrected chi connectivity index (χ0v) is 28.4. The molecule has 0 heterocycles. The van der Waals surface area contributed by atoms with Crippen LogP contribution in [-0.4, -0.2) is 97.8 Å². The molecule has 0 amide bonds. The maximum Gasteiger partial charge on any atom is 0.301 e. The molecule has 4 rings (SSSR count). The van der Waals surface area contributed by atoms with Gasteiger partial charge in [-0.15, -0.1) is 21.9 Å². The topological polar surface area (TPSA) is 4.44 Å². The standard InChI is InChI=1S/C24H12BF24.C6H15N/c26-9-5(10(27)18(36,37)1-17(9,34)35)25(6-11(28)19(38,39)2-20(40,41)12(6)29,7-13(30)21(42,43)3-22(44,45)14(7)31)8-15(32)23(46,47)4-24(48,49)16(8)33;1-4-7(5-2)6-3/h9,11,13,15H,1-4H2;4-6H2,1-3H3/q-1;/p+1. The third-order valence-corrected chi connectivity index (χ3v) is 10.1. The fraction of sp³-hybridized carbons (Fsp3) is 0.733. The SMILES string of the molecule is CC[NH+](CC)CC.FC1=C([B-](C2=C(F)C(F)(F)CC(F)(F)C2F)(C2=C(F)C(F)(F)CC(F)(F)C2F)C2=C(F)C(F)(F)CC(F)(F)C2F)C(F)C(F)(F)CC1(F)F. The summed E-state index contributed by atoms with van der Waals surface area (Å²) in [6, 6.07) is 0. The van der Waals surface area contributed by atoms with Crippen LogP contribution in [0.4, 0.5) is 105 Å². The molecule has 4 atom stereocenters. The van der Waals surface area contributed by atoms with Crippen LogP contribution in [-0.2, 0) is 0 Å². The van der Waals surface area contributed by atoms with Crippen molar-refractivity contribution in [1.82, 2.24) is 0 Å². The van der Waals surface area contributed by atoms with Crippen molar-refractivity contribution in [2.24, 2.45) is 0 Å². The van der Waals surface area contributed by atoms with E-state index < -0.39 is 149 Å². The molecule has 4 unspecified atom stereocenters. The first-order valence-corrected chi connectivity index (χ1v) is 16.1. The molecule has 0 bridgehead atoms. The summed E-state index contributed by atoms with van der Waals surface area (Å²) in [6.07, 6.45) is -45.5. The molecular weight excluding hydrogens is 841 g/mol. The van der Waals surface area contributed by atoms with Crippen LogP contribution in [0.1, 0.15) is 46.5 Å². The third kappa shape index (κ3) is 7.53. The van der Waals surface area contributed by atoms with Gasteiger partial charge in [-0.3, -0.25) is 0 Å². The molecule has 0 aromatic rings. The van der Waals surface area contributed by atoms with E-state index in [1.165, 1.54) is 19.6 Å². The van der Waals surface area contributed by atoms with E-state index in [1.807, 2.05) is 0 Å². The van der Waals surface area contributed by atoms with Gasteiger partial charge in [0.05, 0.1) is 45.3 Å². The minimum absolute atomic E-state index is 1.27. The number of halogens is 24. The summed E-state index contributed by atoms with van der Waals surface area (Å²) in [5.41, 5.74) is -17.7. The van der Waals surface area contributed by atoms with E-state index in [4.69, 9.17) is 0 Å². The molecule has 0 radical (unpaired) electrons. The fourth-order valence-corrected chi connectivity index (χ4v) is 7.45. The molecule has 324 valence electrons. The molecule has 0 aromatic heterocycles. The quantitative estimate of drug-likeness (QED) is 0.192. The van der Waals surface area contributed by atoms with Gasteiger partial charge in [-0.2, -0.15) is 35.1 Å². The Kier molecular flexibility index (Phi) is 12.4. The molecule has 0 saturated heterocycles. The fourth-order valence-electron chi connectivity index (χ4n) is 7.45. The highest BCUT2D eigenvalue weighted by Crippen LogP contribution is 2.66. The molecule has 0 aromatic carbocycles. The highest BCUT2D eigenvalue weighted by Gasteiger charge is 2.73. The van der Waals surface area contributed by atoms with Gasteiger partial charge in [0.15, 0.2) is 24.7 Å². The minimum Gasteiger partial charge on any atom is -0.336 e. The molecule has 0 saturated carbocycles. The maximum atomic E-state index is 15.6. The summed E-state index contributed by atoms with van der Waals surface area (Å²) in [5.74, 6) is -68.7. The number of hydrogen-bond donors (Lipinski definition) is 1. The van der Waals surface area contributed by atoms with Crippen LogP contribution in [0.25, 0.3) is 0 Å². The molecule has 4 aliphatic rings. The second kappa shape index (κ2) is 14.5. The van der Waals surface area contributed by atoms with Crippen LogP contribution >= 0.6 is 0 Å². The smallest absolute Gasteiger partial charge is 0.301 e. The van der Waals surface area contributed by atoms with Gasteiger partial charge in [0.2, 0.25) is 0 Å². The van der Waals surface area contributed by atoms with E-state index >= 15 is 35.1 Å². The van der Waals surface area contributed by atoms with Gasteiger partial charge in [0.1, 0.15) is 29.5 Å². The zero-order chi connectivity index (χ0) is 44.0. The molecule has 1 N–H and O–H groups in total. The molecule has 26 heteroatoms. The van der Waals surface area contributed by atoms with E-state index in [1.54, 1.807) is 4.90 Å². The van der Waals surface area contributed by atoms with Crippen molar-refractivity contribution in [3.63, 3.8) is 0 Å². The minimum atomic E-state index is -8.30. The lowest BCUT2D eigenvalue weighted by Gasteiger charge is -2.59. The van der Waals surface area contributed by atoms with E-state index in [0.717, 1.165) is 0 Å². The van der Waals surface area contributed by atoms with Crippen LogP contribution in [0.5, 0.6) is 0 Å². The first-order chi connectivity index (χ1) is 24.9. The Labute approximate surface area is 300 Å². The van der Waals surface area contributed by atoms with Crippen LogP contribution in [0.15, 0.2) is 45.2 Å². The third-order valence-electron chi connectivity index (χ3n) is 10.1. The molecule has 0 fully saturated rings. The largest absolute Gasteiger partial charge is 0.336 e. The lowest BCUT2D eigenvalue weighted by molar-refractivity contribution is -0.894. The monoisotopic (exact) mass is 869 g/mol. The van der Waals surface area contributed by atoms with Crippen molar-refractivity contribution in [2.75, 3.05) is 19.6 Å². The number of nitrogens with one attached hydrogen (secondary N) is 1. The van der Waals surface area contributed by atoms with Gasteiger partial charge in [0.25, 0.3) is 23.7 Å². The van der Waals surface area contributed by atoms with Crippen molar-refractivity contribution < 1.29 is 110 Å². The van der Waals surface area contributed by atoms with E-state index in [9.17, 15) is 70.2 Å². The normalized spacial score (nSPS) is 32.6. The highest BCUT2D eigenvalue weighted by molar-refractivity contribution is 7.05. The number of quaternary nitrogens is 1. The summed E-state index contributed by atoms with van der Waals surface area (Å²) >= 11 is 0. The second-order valence-corrected chi connectivity index (χ2v) is 13.8. The average Bonchev–Trinajstić information content (AvgIpc) is 3.01. The molecule has 0 spiro atoms. The van der Waals surface area contributed by atoms with Gasteiger partial charge >= 0.3 is 23.7 Å². The molecule has 56 heavy (non-hydrogen) atoms. The van der Waals surface area contributed by atoms with Crippen molar-refractivity contribution >= 4 is 6.15 Å². The van der Waals surface area contributed by atoms with Gasteiger partial charge in [-0.05, 0) is 20.8 Å². The number of allylic oxidation sites excluding steroid dienone is 8. The summed E-state index contributed by atoms with van der Waals surface area (Å²) in [4.78, 5) is 1.68. The predicted molar refractivity (Wildman–Crippen MR) is 149 cm³/mol. The van der Waals surface area contributed by atoms with Crippen molar-refractivity contribution in [1.29, 1.82) is 0 Å². The van der Waals surface area contributed by atoms with Gasteiger partial charge in [-0.1, -0.05) is 0 Å². The Morgan fingerprint density at radius 3 is 0.679 bits per heavy atom. The summed E-state index contributed by atoms with van der Waals surface area (Å²) in [7, 11) is 0. The Balaban J connectivity index is 0.00000109. The van der Waals surface area contributed by atoms with Crippen LogP contribution in [0.2, 0.25) is 0 Å². The van der Waals surface area contributed by atoms with E-state index in [0.29, 0.717) is 0 Å². The predicted octanol–water partition coefficient (Wildman–Crippen LogP) is 10.5. The average molecular weight is 869 g/mol. The number of alkyl halides is 20. The van der Waals surface area contributed by atoms with Gasteiger partial charge in [0, 0.05) is 0 Å². The Bertz CT molecular complexity index is 1420. The summed E-state index contributed by atoms with van der Waals surface area (Å²) in [5, 5.41) is 0. The van der Waals surface area contributed by atoms with E-state index in [-0.39, 0.29) is 0 Å². The molecule has 0 aliphatic heterocycles. The highest BCUT2D eigenvalue weighted by atomic mass is 19.3. The Morgan fingerprint density at radius 1 is 0.393 bits per heavy atom. The number of hydrogen-bond acceptors (Lipinski definition) is 0. The van der Waals surface area contributed by atoms with Crippen LogP contribution in [0, 0.1) is 0 Å². The Morgan fingerprint density at radius 2 is 0.554 bits per heavy atom. The van der Waals surface area contributed by atoms with E-state index in [2.05, 4.69) is 20.8 Å². The first kappa shape index (κ1) is 47.7. The van der Waals surface area contributed by atoms with Crippen LogP contribution < -0.4 is 4.90 Å². The number of rotatable bonds is 7. The second-order valence-electron chi connectivity index (χ2n) is 13.8. The van der Waals surface area contributed by atoms with Gasteiger partial charge in [-0.25, -0.2) is 70.2 Å². The molecular formula is C30H28BF24N. The lowest BCUT2D eigenvalue weighted by Crippen LogP contribution is -3.11. The Hall–Kier alpha value is -2.70. The van der Waals surface area contributed by atoms with Crippen molar-refractivity contribution in [3.05, 3.63) is 45.2 Å². The lowest BCUT2D eigenvalue weighted by atomic mass is 9.07. The molecule has 4 aliphatic carbocycles. The summed E-state index contributed by atoms with van der Waals surface area (Å²) < 4.78 is 360. The van der Waals surface area contributed by atoms with Crippen molar-refractivity contribution in [2.45, 2.75) is 119 Å². The first-order valence-electron chi connectivity index (χ1n) is 16.1.